The topological polar surface area (TPSA) is 72.6 Å². The highest BCUT2D eigenvalue weighted by Crippen LogP contribution is 2.21. The SMILES string of the molecule is COC(=O)c1coc(CN2CCCC(C(=O)Cc3ccccc3)C2)n1. The first-order chi connectivity index (χ1) is 12.2. The number of rotatable bonds is 6. The summed E-state index contributed by atoms with van der Waals surface area (Å²) in [6.07, 6.45) is 3.67. The number of ketones is 1. The molecule has 1 atom stereocenters. The van der Waals surface area contributed by atoms with Crippen molar-refractivity contribution in [1.82, 2.24) is 9.88 Å². The maximum Gasteiger partial charge on any atom is 0.360 e. The quantitative estimate of drug-likeness (QED) is 0.751. The number of nitrogens with zero attached hydrogens (tertiary/aromatic N) is 2. The number of oxazole rings is 1. The van der Waals surface area contributed by atoms with Gasteiger partial charge in [-0.1, -0.05) is 30.3 Å². The molecule has 0 spiro atoms. The van der Waals surface area contributed by atoms with Crippen LogP contribution >= 0.6 is 0 Å². The van der Waals surface area contributed by atoms with Crippen molar-refractivity contribution in [2.24, 2.45) is 5.92 Å². The van der Waals surface area contributed by atoms with Crippen molar-refractivity contribution >= 4 is 11.8 Å². The summed E-state index contributed by atoms with van der Waals surface area (Å²) in [5.74, 6) is 0.267. The molecule has 1 fully saturated rings. The van der Waals surface area contributed by atoms with Crippen molar-refractivity contribution in [3.8, 4) is 0 Å². The van der Waals surface area contributed by atoms with Crippen molar-refractivity contribution in [1.29, 1.82) is 0 Å². The normalized spacial score (nSPS) is 18.0. The third-order valence-corrected chi connectivity index (χ3v) is 4.49. The van der Waals surface area contributed by atoms with E-state index in [0.29, 0.717) is 25.4 Å². The molecule has 0 aliphatic carbocycles. The zero-order valence-corrected chi connectivity index (χ0v) is 14.3. The van der Waals surface area contributed by atoms with Crippen LogP contribution in [0, 0.1) is 5.92 Å². The summed E-state index contributed by atoms with van der Waals surface area (Å²) in [7, 11) is 1.31. The Balaban J connectivity index is 1.56. The molecular formula is C19H22N2O4. The molecule has 1 aromatic carbocycles. The van der Waals surface area contributed by atoms with Crippen LogP contribution in [-0.4, -0.2) is 41.8 Å². The molecule has 0 radical (unpaired) electrons. The van der Waals surface area contributed by atoms with E-state index in [1.54, 1.807) is 0 Å². The van der Waals surface area contributed by atoms with E-state index < -0.39 is 5.97 Å². The maximum absolute atomic E-state index is 12.6. The molecule has 0 amide bonds. The highest BCUT2D eigenvalue weighted by Gasteiger charge is 2.26. The van der Waals surface area contributed by atoms with Gasteiger partial charge in [0.2, 0.25) is 5.89 Å². The van der Waals surface area contributed by atoms with Gasteiger partial charge in [-0.15, -0.1) is 0 Å². The Labute approximate surface area is 146 Å². The summed E-state index contributed by atoms with van der Waals surface area (Å²) in [6.45, 7) is 2.08. The highest BCUT2D eigenvalue weighted by molar-refractivity contribution is 5.86. The fourth-order valence-electron chi connectivity index (χ4n) is 3.18. The van der Waals surface area contributed by atoms with Crippen LogP contribution in [0.1, 0.15) is 34.8 Å². The number of methoxy groups -OCH3 is 1. The van der Waals surface area contributed by atoms with Gasteiger partial charge in [-0.2, -0.15) is 0 Å². The third-order valence-electron chi connectivity index (χ3n) is 4.49. The Morgan fingerprint density at radius 3 is 2.88 bits per heavy atom. The molecule has 2 aromatic rings. The number of Topliss-reactive ketones (excluding diaryl/α,β-unsaturated/α-hetero) is 1. The lowest BCUT2D eigenvalue weighted by Crippen LogP contribution is -2.38. The third kappa shape index (κ3) is 4.54. The molecule has 1 aromatic heterocycles. The lowest BCUT2D eigenvalue weighted by Gasteiger charge is -2.31. The standard InChI is InChI=1S/C19H22N2O4/c1-24-19(23)16-13-25-18(20-16)12-21-9-5-8-15(11-21)17(22)10-14-6-3-2-4-7-14/h2-4,6-7,13,15H,5,8-12H2,1H3. The van der Waals surface area contributed by atoms with E-state index in [2.05, 4.69) is 14.6 Å². The number of hydrogen-bond acceptors (Lipinski definition) is 6. The Kier molecular flexibility index (Phi) is 5.60. The van der Waals surface area contributed by atoms with Crippen LogP contribution in [-0.2, 0) is 22.5 Å². The smallest absolute Gasteiger partial charge is 0.360 e. The first-order valence-electron chi connectivity index (χ1n) is 8.47. The van der Waals surface area contributed by atoms with Crippen molar-refractivity contribution < 1.29 is 18.7 Å². The Bertz CT molecular complexity index is 726. The van der Waals surface area contributed by atoms with Crippen molar-refractivity contribution in [3.05, 3.63) is 53.7 Å². The summed E-state index contributed by atoms with van der Waals surface area (Å²) in [5, 5.41) is 0. The summed E-state index contributed by atoms with van der Waals surface area (Å²) < 4.78 is 9.97. The molecule has 6 heteroatoms. The molecule has 2 heterocycles. The average molecular weight is 342 g/mol. The second-order valence-electron chi connectivity index (χ2n) is 6.32. The molecule has 1 aliphatic heterocycles. The summed E-state index contributed by atoms with van der Waals surface area (Å²) in [4.78, 5) is 30.3. The van der Waals surface area contributed by atoms with Gasteiger partial charge in [0.15, 0.2) is 5.69 Å². The minimum atomic E-state index is -0.510. The molecule has 1 saturated heterocycles. The minimum absolute atomic E-state index is 0.0315. The second-order valence-corrected chi connectivity index (χ2v) is 6.32. The van der Waals surface area contributed by atoms with Crippen molar-refractivity contribution in [2.45, 2.75) is 25.8 Å². The predicted octanol–water partition coefficient (Wildman–Crippen LogP) is 2.49. The van der Waals surface area contributed by atoms with Crippen LogP contribution in [0.15, 0.2) is 41.0 Å². The van der Waals surface area contributed by atoms with Crippen LogP contribution < -0.4 is 0 Å². The van der Waals surface area contributed by atoms with E-state index in [0.717, 1.165) is 24.9 Å². The molecule has 132 valence electrons. The molecule has 6 nitrogen and oxygen atoms in total. The molecule has 0 saturated carbocycles. The zero-order valence-electron chi connectivity index (χ0n) is 14.3. The number of likely N-dealkylation sites (tertiary alicyclic amines) is 1. The Morgan fingerprint density at radius 1 is 1.32 bits per heavy atom. The number of hydrogen-bond donors (Lipinski definition) is 0. The zero-order chi connectivity index (χ0) is 17.6. The van der Waals surface area contributed by atoms with E-state index in [1.165, 1.54) is 13.4 Å². The number of piperidine rings is 1. The van der Waals surface area contributed by atoms with E-state index in [9.17, 15) is 9.59 Å². The molecule has 25 heavy (non-hydrogen) atoms. The van der Waals surface area contributed by atoms with E-state index in [1.807, 2.05) is 30.3 Å². The Hall–Kier alpha value is -2.47. The first-order valence-corrected chi connectivity index (χ1v) is 8.47. The minimum Gasteiger partial charge on any atom is -0.464 e. The van der Waals surface area contributed by atoms with Gasteiger partial charge in [0.05, 0.1) is 13.7 Å². The van der Waals surface area contributed by atoms with Gasteiger partial charge in [-0.05, 0) is 24.9 Å². The lowest BCUT2D eigenvalue weighted by molar-refractivity contribution is -0.124. The van der Waals surface area contributed by atoms with E-state index >= 15 is 0 Å². The van der Waals surface area contributed by atoms with E-state index in [-0.39, 0.29) is 17.4 Å². The van der Waals surface area contributed by atoms with Crippen LogP contribution in [0.4, 0.5) is 0 Å². The van der Waals surface area contributed by atoms with Gasteiger partial charge in [-0.25, -0.2) is 9.78 Å². The first kappa shape index (κ1) is 17.4. The van der Waals surface area contributed by atoms with E-state index in [4.69, 9.17) is 4.42 Å². The number of carbonyl (C=O) groups excluding carboxylic acids is 2. The maximum atomic E-state index is 12.6. The fraction of sp³-hybridized carbons (Fsp3) is 0.421. The predicted molar refractivity (Wildman–Crippen MR) is 91.0 cm³/mol. The van der Waals surface area contributed by atoms with Crippen LogP contribution in [0.3, 0.4) is 0 Å². The van der Waals surface area contributed by atoms with Crippen molar-refractivity contribution in [2.75, 3.05) is 20.2 Å². The molecule has 1 unspecified atom stereocenters. The number of ether oxygens (including phenoxy) is 1. The number of esters is 1. The van der Waals surface area contributed by atoms with Gasteiger partial charge in [0.25, 0.3) is 0 Å². The lowest BCUT2D eigenvalue weighted by atomic mass is 9.90. The largest absolute Gasteiger partial charge is 0.464 e. The molecule has 0 bridgehead atoms. The van der Waals surface area contributed by atoms with Crippen LogP contribution in [0.2, 0.25) is 0 Å². The number of benzene rings is 1. The molecular weight excluding hydrogens is 320 g/mol. The number of carbonyl (C=O) groups is 2. The van der Waals surface area contributed by atoms with Crippen molar-refractivity contribution in [3.63, 3.8) is 0 Å². The van der Waals surface area contributed by atoms with Gasteiger partial charge >= 0.3 is 5.97 Å². The van der Waals surface area contributed by atoms with Gasteiger partial charge < -0.3 is 9.15 Å². The molecule has 1 aliphatic rings. The highest BCUT2D eigenvalue weighted by atomic mass is 16.5. The van der Waals surface area contributed by atoms with Crippen LogP contribution in [0.5, 0.6) is 0 Å². The Morgan fingerprint density at radius 2 is 2.12 bits per heavy atom. The van der Waals surface area contributed by atoms with Crippen LogP contribution in [0.25, 0.3) is 0 Å². The average Bonchev–Trinajstić information content (AvgIpc) is 3.10. The monoisotopic (exact) mass is 342 g/mol. The second kappa shape index (κ2) is 8.07. The molecule has 0 N–H and O–H groups in total. The van der Waals surface area contributed by atoms with Gasteiger partial charge in [-0.3, -0.25) is 9.69 Å². The van der Waals surface area contributed by atoms with Gasteiger partial charge in [0.1, 0.15) is 12.0 Å². The number of aromatic nitrogens is 1. The summed E-state index contributed by atoms with van der Waals surface area (Å²) >= 11 is 0. The molecule has 3 rings (SSSR count). The van der Waals surface area contributed by atoms with Gasteiger partial charge in [0, 0.05) is 18.9 Å². The fourth-order valence-corrected chi connectivity index (χ4v) is 3.18. The summed E-state index contributed by atoms with van der Waals surface area (Å²) in [6, 6.07) is 9.84. The summed E-state index contributed by atoms with van der Waals surface area (Å²) in [5.41, 5.74) is 1.23.